The lowest BCUT2D eigenvalue weighted by Crippen LogP contribution is -2.63. The first-order chi connectivity index (χ1) is 12.7. The maximum Gasteiger partial charge on any atom is 0.238 e. The highest BCUT2D eigenvalue weighted by Gasteiger charge is 2.48. The summed E-state index contributed by atoms with van der Waals surface area (Å²) in [4.78, 5) is 14.8. The fourth-order valence-corrected chi connectivity index (χ4v) is 4.66. The lowest BCUT2D eigenvalue weighted by Gasteiger charge is -2.43. The van der Waals surface area contributed by atoms with Crippen LogP contribution in [0, 0.1) is 5.92 Å². The second kappa shape index (κ2) is 9.58. The minimum Gasteiger partial charge on any atom is -0.511 e. The Morgan fingerprint density at radius 3 is 2.56 bits per heavy atom. The molecule has 0 aromatic rings. The first kappa shape index (κ1) is 22.4. The summed E-state index contributed by atoms with van der Waals surface area (Å²) in [6, 6.07) is -1.43. The minimum atomic E-state index is -1.48. The second-order valence-electron chi connectivity index (χ2n) is 7.50. The third-order valence-electron chi connectivity index (χ3n) is 5.46. The summed E-state index contributed by atoms with van der Waals surface area (Å²) in [5.41, 5.74) is -0.796. The number of nitrogens with one attached hydrogen (secondary N) is 1. The molecule has 9 heteroatoms. The Morgan fingerprint density at radius 2 is 2.00 bits per heavy atom. The highest BCUT2D eigenvalue weighted by molar-refractivity contribution is 7.99. The number of hydrogen-bond acceptors (Lipinski definition) is 8. The number of ether oxygens (including phenoxy) is 1. The molecule has 0 bridgehead atoms. The van der Waals surface area contributed by atoms with Crippen LogP contribution >= 0.6 is 11.8 Å². The number of hydrogen-bond donors (Lipinski definition) is 5. The van der Waals surface area contributed by atoms with Crippen molar-refractivity contribution < 1.29 is 30.0 Å². The molecule has 27 heavy (non-hydrogen) atoms. The maximum atomic E-state index is 12.8. The van der Waals surface area contributed by atoms with Crippen molar-refractivity contribution in [2.75, 3.05) is 19.8 Å². The number of carbonyl (C=O) groups is 1. The number of amides is 1. The molecule has 0 saturated carbocycles. The summed E-state index contributed by atoms with van der Waals surface area (Å²) in [6.45, 7) is 6.43. The van der Waals surface area contributed by atoms with Gasteiger partial charge in [0, 0.05) is 6.54 Å². The summed E-state index contributed by atoms with van der Waals surface area (Å²) in [6.07, 6.45) is -0.808. The van der Waals surface area contributed by atoms with Crippen molar-refractivity contribution in [1.29, 1.82) is 0 Å². The molecular weight excluding hydrogens is 372 g/mol. The first-order valence-electron chi connectivity index (χ1n) is 9.32. The van der Waals surface area contributed by atoms with E-state index in [-0.39, 0.29) is 17.7 Å². The molecule has 1 amide bonds. The van der Waals surface area contributed by atoms with E-state index in [1.54, 1.807) is 6.26 Å². The zero-order valence-electron chi connectivity index (χ0n) is 16.1. The molecule has 2 aliphatic heterocycles. The van der Waals surface area contributed by atoms with Gasteiger partial charge in [0.05, 0.1) is 6.04 Å². The van der Waals surface area contributed by atoms with Crippen LogP contribution in [-0.2, 0) is 9.53 Å². The molecule has 5 N–H and O–H groups in total. The molecule has 2 heterocycles. The Balaban J connectivity index is 2.11. The number of aliphatic hydroxyl groups is 4. The highest BCUT2D eigenvalue weighted by Crippen LogP contribution is 2.30. The molecule has 2 fully saturated rings. The summed E-state index contributed by atoms with van der Waals surface area (Å²) in [7, 11) is 1.89. The van der Waals surface area contributed by atoms with Gasteiger partial charge in [0.1, 0.15) is 41.7 Å². The molecular formula is C18H32N2O6S. The van der Waals surface area contributed by atoms with E-state index in [2.05, 4.69) is 18.8 Å². The van der Waals surface area contributed by atoms with Crippen molar-refractivity contribution in [3.05, 3.63) is 12.3 Å². The van der Waals surface area contributed by atoms with Crippen LogP contribution in [-0.4, -0.2) is 93.0 Å². The molecule has 8 nitrogen and oxygen atoms in total. The van der Waals surface area contributed by atoms with Gasteiger partial charge in [-0.15, -0.1) is 11.8 Å². The zero-order chi connectivity index (χ0) is 20.3. The van der Waals surface area contributed by atoms with Crippen LogP contribution in [0.1, 0.15) is 26.2 Å². The standard InChI is InChI=1S/C18H32N2O6S/c1-5-6-10-7-11(20(3)8-10)17(25)19-12(9(2)21)16-14(23)13(22)15(24)18(26-16)27-4/h10-16,18,21-24H,2,5-8H2,1,3-4H3,(H,19,25)/t10-,11+,12-,13+,14-,15-,16-,18-/m1/s1. The fourth-order valence-electron chi connectivity index (χ4n) is 3.98. The lowest BCUT2D eigenvalue weighted by molar-refractivity contribution is -0.204. The summed E-state index contributed by atoms with van der Waals surface area (Å²) >= 11 is 1.17. The molecule has 0 aromatic carbocycles. The van der Waals surface area contributed by atoms with Gasteiger partial charge in [0.15, 0.2) is 0 Å². The van der Waals surface area contributed by atoms with Crippen LogP contribution in [0.25, 0.3) is 0 Å². The van der Waals surface area contributed by atoms with Crippen LogP contribution in [0.3, 0.4) is 0 Å². The lowest BCUT2D eigenvalue weighted by atomic mass is 9.93. The van der Waals surface area contributed by atoms with Crippen LogP contribution in [0.15, 0.2) is 12.3 Å². The predicted molar refractivity (Wildman–Crippen MR) is 103 cm³/mol. The predicted octanol–water partition coefficient (Wildman–Crippen LogP) is -0.166. The molecule has 0 unspecified atom stereocenters. The molecule has 2 aliphatic rings. The van der Waals surface area contributed by atoms with Gasteiger partial charge in [-0.05, 0) is 32.1 Å². The quantitative estimate of drug-likeness (QED) is 0.371. The zero-order valence-corrected chi connectivity index (χ0v) is 16.9. The monoisotopic (exact) mass is 404 g/mol. The number of aliphatic hydroxyl groups excluding tert-OH is 4. The van der Waals surface area contributed by atoms with Crippen LogP contribution in [0.2, 0.25) is 0 Å². The SMILES string of the molecule is C=C(O)[C@@H](NC(=O)[C@@H]1C[C@@H](CCC)CN1C)[C@H]1O[C@H](SC)[C@H](O)[C@@H](O)[C@H]1O. The fraction of sp³-hybridized carbons (Fsp3) is 0.833. The normalized spacial score (nSPS) is 38.5. The molecule has 0 spiro atoms. The number of carbonyl (C=O) groups excluding carboxylic acids is 1. The third-order valence-corrected chi connectivity index (χ3v) is 6.31. The molecule has 0 radical (unpaired) electrons. The molecule has 2 rings (SSSR count). The van der Waals surface area contributed by atoms with E-state index in [0.29, 0.717) is 5.92 Å². The summed E-state index contributed by atoms with van der Waals surface area (Å²) < 4.78 is 5.66. The van der Waals surface area contributed by atoms with Crippen LogP contribution < -0.4 is 5.32 Å². The number of rotatable bonds is 7. The average Bonchev–Trinajstić information content (AvgIpc) is 2.99. The Labute approximate surface area is 164 Å². The number of nitrogens with zero attached hydrogens (tertiary/aromatic N) is 1. The van der Waals surface area contributed by atoms with Crippen LogP contribution in [0.4, 0.5) is 0 Å². The number of likely N-dealkylation sites (tertiary alicyclic amines) is 1. The van der Waals surface area contributed by atoms with Gasteiger partial charge in [-0.3, -0.25) is 9.69 Å². The summed E-state index contributed by atoms with van der Waals surface area (Å²) in [5.74, 6) is -0.212. The van der Waals surface area contributed by atoms with Crippen LogP contribution in [0.5, 0.6) is 0 Å². The van der Waals surface area contributed by atoms with Gasteiger partial charge in [-0.1, -0.05) is 19.9 Å². The highest BCUT2D eigenvalue weighted by atomic mass is 32.2. The van der Waals surface area contributed by atoms with Crippen molar-refractivity contribution >= 4 is 17.7 Å². The average molecular weight is 405 g/mol. The topological polar surface area (TPSA) is 122 Å². The Kier molecular flexibility index (Phi) is 7.96. The summed E-state index contributed by atoms with van der Waals surface area (Å²) in [5, 5.41) is 43.1. The van der Waals surface area contributed by atoms with E-state index in [0.717, 1.165) is 25.8 Å². The van der Waals surface area contributed by atoms with Crippen molar-refractivity contribution in [2.24, 2.45) is 5.92 Å². The van der Waals surface area contributed by atoms with E-state index in [9.17, 15) is 25.2 Å². The van der Waals surface area contributed by atoms with E-state index in [4.69, 9.17) is 4.74 Å². The van der Waals surface area contributed by atoms with E-state index in [1.807, 2.05) is 11.9 Å². The van der Waals surface area contributed by atoms with Gasteiger partial charge < -0.3 is 30.5 Å². The Morgan fingerprint density at radius 1 is 1.33 bits per heavy atom. The van der Waals surface area contributed by atoms with Gasteiger partial charge >= 0.3 is 0 Å². The largest absolute Gasteiger partial charge is 0.511 e. The van der Waals surface area contributed by atoms with E-state index < -0.39 is 35.9 Å². The minimum absolute atomic E-state index is 0.284. The van der Waals surface area contributed by atoms with Crippen molar-refractivity contribution in [2.45, 2.75) is 68.1 Å². The Bertz CT molecular complexity index is 534. The molecule has 8 atom stereocenters. The smallest absolute Gasteiger partial charge is 0.238 e. The third kappa shape index (κ3) is 4.96. The van der Waals surface area contributed by atoms with Crippen molar-refractivity contribution in [3.63, 3.8) is 0 Å². The van der Waals surface area contributed by atoms with Crippen molar-refractivity contribution in [1.82, 2.24) is 10.2 Å². The maximum absolute atomic E-state index is 12.8. The molecule has 2 saturated heterocycles. The van der Waals surface area contributed by atoms with Gasteiger partial charge in [0.2, 0.25) is 5.91 Å². The first-order valence-corrected chi connectivity index (χ1v) is 10.6. The number of likely N-dealkylation sites (N-methyl/N-ethyl adjacent to an activating group) is 1. The molecule has 0 aromatic heterocycles. The van der Waals surface area contributed by atoms with Gasteiger partial charge in [0.25, 0.3) is 0 Å². The van der Waals surface area contributed by atoms with E-state index >= 15 is 0 Å². The Hall–Kier alpha value is -0.840. The molecule has 0 aliphatic carbocycles. The molecule has 156 valence electrons. The van der Waals surface area contributed by atoms with E-state index in [1.165, 1.54) is 11.8 Å². The number of thioether (sulfide) groups is 1. The van der Waals surface area contributed by atoms with Gasteiger partial charge in [-0.25, -0.2) is 0 Å². The van der Waals surface area contributed by atoms with Gasteiger partial charge in [-0.2, -0.15) is 0 Å². The second-order valence-corrected chi connectivity index (χ2v) is 8.44. The van der Waals surface area contributed by atoms with Crippen molar-refractivity contribution in [3.8, 4) is 0 Å².